The van der Waals surface area contributed by atoms with Gasteiger partial charge in [0.05, 0.1) is 6.54 Å². The molecule has 264 valence electrons. The van der Waals surface area contributed by atoms with E-state index in [0.29, 0.717) is 6.54 Å². The Bertz CT molecular complexity index is 2070. The molecule has 9 heteroatoms. The third-order valence-electron chi connectivity index (χ3n) is 9.04. The molecule has 3 aromatic heterocycles. The molecule has 0 aliphatic heterocycles. The quantitative estimate of drug-likeness (QED) is 0.0320. The monoisotopic (exact) mass is 717 g/mol. The van der Waals surface area contributed by atoms with Crippen molar-refractivity contribution in [2.45, 2.75) is 20.4 Å². The number of pyridine rings is 1. The summed E-state index contributed by atoms with van der Waals surface area (Å²) in [5, 5.41) is 8.98. The van der Waals surface area contributed by atoms with Crippen molar-refractivity contribution < 1.29 is 9.36 Å². The minimum atomic E-state index is -0.0736. The van der Waals surface area contributed by atoms with Crippen LogP contribution >= 0.6 is 21.6 Å². The number of amides is 1. The second kappa shape index (κ2) is 19.2. The molecule has 2 aromatic carbocycles. The number of fused-ring (bicyclic) bond motifs is 2. The second-order valence-corrected chi connectivity index (χ2v) is 15.0. The van der Waals surface area contributed by atoms with Gasteiger partial charge in [-0.1, -0.05) is 94.9 Å². The van der Waals surface area contributed by atoms with Crippen molar-refractivity contribution in [2.75, 3.05) is 37.7 Å². The first-order chi connectivity index (χ1) is 24.9. The first-order valence-corrected chi connectivity index (χ1v) is 19.8. The Kier molecular flexibility index (Phi) is 14.1. The molecular formula is C42H49N6OS2+. The average molecular weight is 718 g/mol. The molecule has 0 aliphatic carbocycles. The van der Waals surface area contributed by atoms with Gasteiger partial charge in [-0.25, -0.2) is 4.57 Å². The molecule has 1 amide bonds. The number of benzene rings is 2. The maximum Gasteiger partial charge on any atom is 0.241 e. The molecule has 0 fully saturated rings. The molecule has 0 atom stereocenters. The topological polar surface area (TPSA) is 67.2 Å². The molecule has 0 bridgehead atoms. The molecule has 51 heavy (non-hydrogen) atoms. The smallest absolute Gasteiger partial charge is 0.241 e. The summed E-state index contributed by atoms with van der Waals surface area (Å²) in [6, 6.07) is 21.3. The lowest BCUT2D eigenvalue weighted by atomic mass is 10.1. The van der Waals surface area contributed by atoms with Gasteiger partial charge in [-0.3, -0.25) is 9.79 Å². The van der Waals surface area contributed by atoms with Gasteiger partial charge in [-0.05, 0) is 43.2 Å². The molecule has 0 saturated carbocycles. The maximum atomic E-state index is 12.2. The summed E-state index contributed by atoms with van der Waals surface area (Å²) in [5.41, 5.74) is 9.54. The molecule has 5 aromatic rings. The number of rotatable bonds is 18. The standard InChI is InChI=1S/C42H48N6OS2/c1-6-34(15-17-36-32(2)46(4)40-13-9-7-11-38(36)40)19-22-44-31-42(49)45-25-30-51-50-29-24-43-23-28-48-26-20-35(21-27-48)16-18-37-33(3)47(5)41-14-10-8-12-39(37)41/h6-22,26-27,43H,1,23-25,28-31H2,2-5H3/p+1/b17-15+,34-19+,44-22?. The number of para-hydroxylation sites is 2. The van der Waals surface area contributed by atoms with Crippen LogP contribution in [-0.4, -0.2) is 58.9 Å². The van der Waals surface area contributed by atoms with Crippen molar-refractivity contribution in [3.05, 3.63) is 132 Å². The van der Waals surface area contributed by atoms with Crippen LogP contribution in [0, 0.1) is 13.8 Å². The Morgan fingerprint density at radius 2 is 1.43 bits per heavy atom. The Labute approximate surface area is 310 Å². The van der Waals surface area contributed by atoms with Crippen LogP contribution in [0.1, 0.15) is 28.1 Å². The van der Waals surface area contributed by atoms with Crippen molar-refractivity contribution in [2.24, 2.45) is 19.1 Å². The van der Waals surface area contributed by atoms with Crippen LogP contribution < -0.4 is 15.2 Å². The fraction of sp³-hybridized carbons (Fsp3) is 0.262. The van der Waals surface area contributed by atoms with Crippen LogP contribution in [0.2, 0.25) is 0 Å². The first-order valence-electron chi connectivity index (χ1n) is 17.3. The van der Waals surface area contributed by atoms with Crippen molar-refractivity contribution in [1.29, 1.82) is 0 Å². The van der Waals surface area contributed by atoms with Gasteiger partial charge in [0.1, 0.15) is 6.54 Å². The molecule has 0 radical (unpaired) electrons. The summed E-state index contributed by atoms with van der Waals surface area (Å²) in [4.78, 5) is 16.5. The van der Waals surface area contributed by atoms with E-state index in [1.54, 1.807) is 23.1 Å². The summed E-state index contributed by atoms with van der Waals surface area (Å²) in [6.45, 7) is 11.7. The largest absolute Gasteiger partial charge is 0.354 e. The Morgan fingerprint density at radius 1 is 0.824 bits per heavy atom. The predicted octanol–water partition coefficient (Wildman–Crippen LogP) is 7.73. The van der Waals surface area contributed by atoms with Crippen LogP contribution in [0.25, 0.3) is 40.0 Å². The fourth-order valence-electron chi connectivity index (χ4n) is 5.93. The lowest BCUT2D eigenvalue weighted by Gasteiger charge is -2.04. The van der Waals surface area contributed by atoms with Crippen LogP contribution in [0.15, 0.2) is 108 Å². The lowest BCUT2D eigenvalue weighted by molar-refractivity contribution is -0.695. The van der Waals surface area contributed by atoms with Crippen LogP contribution in [0.5, 0.6) is 0 Å². The molecule has 7 nitrogen and oxygen atoms in total. The number of carbonyl (C=O) groups is 1. The second-order valence-electron chi connectivity index (χ2n) is 12.3. The zero-order valence-corrected chi connectivity index (χ0v) is 31.8. The van der Waals surface area contributed by atoms with Crippen LogP contribution in [-0.2, 0) is 25.4 Å². The normalized spacial score (nSPS) is 12.4. The molecule has 0 saturated heterocycles. The van der Waals surface area contributed by atoms with Gasteiger partial charge in [0, 0.05) is 101 Å². The van der Waals surface area contributed by atoms with E-state index >= 15 is 0 Å². The van der Waals surface area contributed by atoms with Gasteiger partial charge in [0.2, 0.25) is 5.91 Å². The number of carbonyl (C=O) groups excluding carboxylic acids is 1. The van der Waals surface area contributed by atoms with E-state index in [0.717, 1.165) is 36.7 Å². The minimum absolute atomic E-state index is 0.0736. The van der Waals surface area contributed by atoms with E-state index in [-0.39, 0.29) is 12.5 Å². The van der Waals surface area contributed by atoms with Crippen molar-refractivity contribution in [3.63, 3.8) is 0 Å². The number of hydrogen-bond donors (Lipinski definition) is 2. The van der Waals surface area contributed by atoms with Crippen molar-refractivity contribution in [1.82, 2.24) is 19.8 Å². The van der Waals surface area contributed by atoms with E-state index in [1.807, 2.05) is 22.9 Å². The minimum Gasteiger partial charge on any atom is -0.354 e. The summed E-state index contributed by atoms with van der Waals surface area (Å²) in [5.74, 6) is 1.79. The predicted molar refractivity (Wildman–Crippen MR) is 222 cm³/mol. The lowest BCUT2D eigenvalue weighted by Crippen LogP contribution is -2.38. The van der Waals surface area contributed by atoms with Gasteiger partial charge in [0.15, 0.2) is 18.9 Å². The molecule has 0 unspecified atom stereocenters. The highest BCUT2D eigenvalue weighted by Gasteiger charge is 2.10. The summed E-state index contributed by atoms with van der Waals surface area (Å²) >= 11 is 0. The summed E-state index contributed by atoms with van der Waals surface area (Å²) in [6.07, 6.45) is 18.2. The number of nitrogens with zero attached hydrogens (tertiary/aromatic N) is 4. The van der Waals surface area contributed by atoms with Crippen LogP contribution in [0.4, 0.5) is 0 Å². The summed E-state index contributed by atoms with van der Waals surface area (Å²) < 4.78 is 6.67. The number of aromatic nitrogens is 3. The zero-order chi connectivity index (χ0) is 36.0. The molecule has 0 spiro atoms. The van der Waals surface area contributed by atoms with Crippen molar-refractivity contribution in [3.8, 4) is 0 Å². The van der Waals surface area contributed by atoms with E-state index < -0.39 is 0 Å². The Balaban J connectivity index is 0.908. The van der Waals surface area contributed by atoms with Gasteiger partial charge in [-0.2, -0.15) is 0 Å². The van der Waals surface area contributed by atoms with Gasteiger partial charge in [-0.15, -0.1) is 0 Å². The first kappa shape index (κ1) is 37.7. The fourth-order valence-corrected chi connectivity index (χ4v) is 7.78. The highest BCUT2D eigenvalue weighted by molar-refractivity contribution is 8.76. The van der Waals surface area contributed by atoms with E-state index in [1.165, 1.54) is 49.9 Å². The Morgan fingerprint density at radius 3 is 2.08 bits per heavy atom. The SMILES string of the molecule is C=CC(/C=C/c1c(C)n(C)c2ccccc12)=C\C=NCC(=O)NCCSSCCNCC[n+]1ccc(/C=C/c2c(C)n(C)c3ccccc23)cc1. The highest BCUT2D eigenvalue weighted by atomic mass is 33.1. The highest BCUT2D eigenvalue weighted by Crippen LogP contribution is 2.27. The van der Waals surface area contributed by atoms with E-state index in [9.17, 15) is 4.79 Å². The number of aliphatic imine (C=N–C) groups is 1. The third kappa shape index (κ3) is 10.3. The number of hydrogen-bond acceptors (Lipinski definition) is 5. The number of aryl methyl sites for hydroxylation is 2. The van der Waals surface area contributed by atoms with E-state index in [4.69, 9.17) is 0 Å². The zero-order valence-electron chi connectivity index (χ0n) is 30.1. The van der Waals surface area contributed by atoms with Gasteiger partial charge >= 0.3 is 0 Å². The molecule has 3 heterocycles. The van der Waals surface area contributed by atoms with Crippen molar-refractivity contribution >= 4 is 73.7 Å². The molecular weight excluding hydrogens is 669 g/mol. The maximum absolute atomic E-state index is 12.2. The van der Waals surface area contributed by atoms with E-state index in [2.05, 4.69) is 155 Å². The summed E-state index contributed by atoms with van der Waals surface area (Å²) in [7, 11) is 7.82. The third-order valence-corrected chi connectivity index (χ3v) is 11.4. The van der Waals surface area contributed by atoms with Gasteiger partial charge in [0.25, 0.3) is 0 Å². The van der Waals surface area contributed by atoms with Gasteiger partial charge < -0.3 is 19.8 Å². The molecule has 5 rings (SSSR count). The molecule has 0 aliphatic rings. The number of nitrogens with one attached hydrogen (secondary N) is 2. The molecule has 2 N–H and O–H groups in total. The van der Waals surface area contributed by atoms with Crippen LogP contribution in [0.3, 0.4) is 0 Å². The average Bonchev–Trinajstić information content (AvgIpc) is 3.54. The number of allylic oxidation sites excluding steroid dienone is 4. The Hall–Kier alpha value is -4.57.